The van der Waals surface area contributed by atoms with Gasteiger partial charge in [0, 0.05) is 31.6 Å². The first kappa shape index (κ1) is 23.7. The van der Waals surface area contributed by atoms with Crippen LogP contribution in [0.25, 0.3) is 0 Å². The lowest BCUT2D eigenvalue weighted by molar-refractivity contribution is 0.0453. The summed E-state index contributed by atoms with van der Waals surface area (Å²) in [6.07, 6.45) is 2.58. The summed E-state index contributed by atoms with van der Waals surface area (Å²) in [4.78, 5) is 8.43. The van der Waals surface area contributed by atoms with Crippen molar-refractivity contribution >= 4 is 17.3 Å². The van der Waals surface area contributed by atoms with Crippen LogP contribution in [0.2, 0.25) is 0 Å². The zero-order valence-electron chi connectivity index (χ0n) is 18.8. The van der Waals surface area contributed by atoms with Crippen molar-refractivity contribution in [1.29, 1.82) is 0 Å². The van der Waals surface area contributed by atoms with Gasteiger partial charge in [0.25, 0.3) is 0 Å². The second kappa shape index (κ2) is 13.5. The standard InChI is InChI=1S/C24H36N4O2S/c1-3-29-13-14-30-19-21-9-6-8-20(16-21)17-26-24(25-2)27-18-22(23-10-7-15-31-23)28-11-4-5-12-28/h6-10,15-16,22H,3-5,11-14,17-19H2,1-2H3,(H2,25,26,27). The average molecular weight is 445 g/mol. The highest BCUT2D eigenvalue weighted by molar-refractivity contribution is 7.10. The molecule has 2 heterocycles. The molecule has 0 spiro atoms. The average Bonchev–Trinajstić information content (AvgIpc) is 3.51. The summed E-state index contributed by atoms with van der Waals surface area (Å²) < 4.78 is 11.0. The van der Waals surface area contributed by atoms with E-state index in [0.717, 1.165) is 25.7 Å². The first-order chi connectivity index (χ1) is 15.3. The fraction of sp³-hybridized carbons (Fsp3) is 0.542. The topological polar surface area (TPSA) is 58.1 Å². The second-order valence-electron chi connectivity index (χ2n) is 7.65. The van der Waals surface area contributed by atoms with Crippen LogP contribution < -0.4 is 10.6 Å². The molecule has 0 saturated carbocycles. The molecule has 2 N–H and O–H groups in total. The van der Waals surface area contributed by atoms with E-state index in [1.54, 1.807) is 0 Å². The molecule has 2 aromatic rings. The van der Waals surface area contributed by atoms with Crippen molar-refractivity contribution in [3.8, 4) is 0 Å². The van der Waals surface area contributed by atoms with Crippen LogP contribution in [0.3, 0.4) is 0 Å². The molecule has 7 heteroatoms. The summed E-state index contributed by atoms with van der Waals surface area (Å²) in [5, 5.41) is 9.16. The van der Waals surface area contributed by atoms with Crippen LogP contribution >= 0.6 is 11.3 Å². The van der Waals surface area contributed by atoms with Crippen molar-refractivity contribution < 1.29 is 9.47 Å². The Labute approximate surface area is 190 Å². The Hall–Kier alpha value is -1.93. The minimum atomic E-state index is 0.401. The first-order valence-corrected chi connectivity index (χ1v) is 12.1. The predicted molar refractivity (Wildman–Crippen MR) is 129 cm³/mol. The molecule has 1 atom stereocenters. The normalized spacial score (nSPS) is 15.9. The van der Waals surface area contributed by atoms with Gasteiger partial charge in [-0.2, -0.15) is 0 Å². The van der Waals surface area contributed by atoms with Crippen LogP contribution in [0.5, 0.6) is 0 Å². The van der Waals surface area contributed by atoms with E-state index in [1.165, 1.54) is 41.9 Å². The minimum absolute atomic E-state index is 0.401. The third-order valence-electron chi connectivity index (χ3n) is 5.44. The van der Waals surface area contributed by atoms with E-state index in [1.807, 2.05) is 25.3 Å². The molecule has 170 valence electrons. The molecule has 1 fully saturated rings. The van der Waals surface area contributed by atoms with Gasteiger partial charge in [-0.1, -0.05) is 30.3 Å². The van der Waals surface area contributed by atoms with Crippen molar-refractivity contribution in [3.63, 3.8) is 0 Å². The third kappa shape index (κ3) is 7.92. The fourth-order valence-corrected chi connectivity index (χ4v) is 4.69. The highest BCUT2D eigenvalue weighted by Gasteiger charge is 2.24. The molecule has 0 radical (unpaired) electrons. The lowest BCUT2D eigenvalue weighted by Crippen LogP contribution is -2.42. The summed E-state index contributed by atoms with van der Waals surface area (Å²) in [5.74, 6) is 0.833. The van der Waals surface area contributed by atoms with Crippen LogP contribution in [-0.2, 0) is 22.6 Å². The maximum Gasteiger partial charge on any atom is 0.191 e. The molecule has 1 aromatic carbocycles. The third-order valence-corrected chi connectivity index (χ3v) is 6.41. The number of hydrogen-bond donors (Lipinski definition) is 2. The van der Waals surface area contributed by atoms with Gasteiger partial charge in [0.15, 0.2) is 5.96 Å². The zero-order chi connectivity index (χ0) is 21.7. The monoisotopic (exact) mass is 444 g/mol. The van der Waals surface area contributed by atoms with E-state index in [-0.39, 0.29) is 0 Å². The minimum Gasteiger partial charge on any atom is -0.379 e. The Morgan fingerprint density at radius 3 is 2.65 bits per heavy atom. The highest BCUT2D eigenvalue weighted by atomic mass is 32.1. The van der Waals surface area contributed by atoms with Crippen molar-refractivity contribution in [2.24, 2.45) is 4.99 Å². The summed E-state index contributed by atoms with van der Waals surface area (Å²) in [6, 6.07) is 13.3. The van der Waals surface area contributed by atoms with Gasteiger partial charge >= 0.3 is 0 Å². The van der Waals surface area contributed by atoms with Gasteiger partial charge in [-0.3, -0.25) is 9.89 Å². The number of nitrogens with one attached hydrogen (secondary N) is 2. The molecular weight excluding hydrogens is 408 g/mol. The number of ether oxygens (including phenoxy) is 2. The molecule has 1 aliphatic heterocycles. The Bertz CT molecular complexity index is 776. The molecule has 1 saturated heterocycles. The van der Waals surface area contributed by atoms with E-state index in [2.05, 4.69) is 62.3 Å². The van der Waals surface area contributed by atoms with E-state index < -0.39 is 0 Å². The van der Waals surface area contributed by atoms with Gasteiger partial charge in [0.2, 0.25) is 0 Å². The lowest BCUT2D eigenvalue weighted by Gasteiger charge is -2.27. The first-order valence-electron chi connectivity index (χ1n) is 11.3. The Morgan fingerprint density at radius 1 is 1.10 bits per heavy atom. The van der Waals surface area contributed by atoms with Gasteiger partial charge in [-0.15, -0.1) is 11.3 Å². The largest absolute Gasteiger partial charge is 0.379 e. The SMILES string of the molecule is CCOCCOCc1cccc(CNC(=NC)NCC(c2cccs2)N2CCCC2)c1. The molecule has 31 heavy (non-hydrogen) atoms. The number of benzene rings is 1. The Morgan fingerprint density at radius 2 is 1.90 bits per heavy atom. The van der Waals surface area contributed by atoms with E-state index in [4.69, 9.17) is 9.47 Å². The number of aliphatic imine (C=N–C) groups is 1. The molecule has 6 nitrogen and oxygen atoms in total. The van der Waals surface area contributed by atoms with Gasteiger partial charge in [0.05, 0.1) is 25.9 Å². The number of nitrogens with zero attached hydrogens (tertiary/aromatic N) is 2. The van der Waals surface area contributed by atoms with Crippen LogP contribution in [0.1, 0.15) is 41.8 Å². The molecule has 3 rings (SSSR count). The summed E-state index contributed by atoms with van der Waals surface area (Å²) in [5.41, 5.74) is 2.38. The Balaban J connectivity index is 1.47. The van der Waals surface area contributed by atoms with Crippen molar-refractivity contribution in [2.75, 3.05) is 46.5 Å². The predicted octanol–water partition coefficient (Wildman–Crippen LogP) is 3.80. The fourth-order valence-electron chi connectivity index (χ4n) is 3.83. The lowest BCUT2D eigenvalue weighted by atomic mass is 10.1. The van der Waals surface area contributed by atoms with Crippen molar-refractivity contribution in [3.05, 3.63) is 57.8 Å². The van der Waals surface area contributed by atoms with E-state index in [0.29, 0.717) is 25.9 Å². The highest BCUT2D eigenvalue weighted by Crippen LogP contribution is 2.27. The molecule has 1 unspecified atom stereocenters. The van der Waals surface area contributed by atoms with Crippen molar-refractivity contribution in [2.45, 2.75) is 39.0 Å². The van der Waals surface area contributed by atoms with Crippen LogP contribution in [0, 0.1) is 0 Å². The number of thiophene rings is 1. The maximum atomic E-state index is 5.69. The van der Waals surface area contributed by atoms with E-state index in [9.17, 15) is 0 Å². The van der Waals surface area contributed by atoms with Gasteiger partial charge in [0.1, 0.15) is 0 Å². The second-order valence-corrected chi connectivity index (χ2v) is 8.63. The molecule has 0 amide bonds. The number of rotatable bonds is 12. The summed E-state index contributed by atoms with van der Waals surface area (Å²) in [7, 11) is 1.83. The molecule has 0 bridgehead atoms. The van der Waals surface area contributed by atoms with E-state index >= 15 is 0 Å². The van der Waals surface area contributed by atoms with Gasteiger partial charge < -0.3 is 20.1 Å². The van der Waals surface area contributed by atoms with Gasteiger partial charge in [-0.25, -0.2) is 0 Å². The quantitative estimate of drug-likeness (QED) is 0.296. The van der Waals surface area contributed by atoms with Crippen LogP contribution in [0.15, 0.2) is 46.8 Å². The summed E-state index contributed by atoms with van der Waals surface area (Å²) in [6.45, 7) is 8.52. The van der Waals surface area contributed by atoms with Crippen LogP contribution in [0.4, 0.5) is 0 Å². The number of guanidine groups is 1. The number of hydrogen-bond acceptors (Lipinski definition) is 5. The van der Waals surface area contributed by atoms with Crippen molar-refractivity contribution in [1.82, 2.24) is 15.5 Å². The molecule has 1 aliphatic rings. The van der Waals surface area contributed by atoms with Crippen LogP contribution in [-0.4, -0.2) is 57.4 Å². The zero-order valence-corrected chi connectivity index (χ0v) is 19.6. The maximum absolute atomic E-state index is 5.69. The molecule has 1 aromatic heterocycles. The molecular formula is C24H36N4O2S. The smallest absolute Gasteiger partial charge is 0.191 e. The Kier molecular flexibility index (Phi) is 10.3. The summed E-state index contributed by atoms with van der Waals surface area (Å²) >= 11 is 1.84. The number of likely N-dealkylation sites (tertiary alicyclic amines) is 1. The molecule has 0 aliphatic carbocycles. The van der Waals surface area contributed by atoms with Gasteiger partial charge in [-0.05, 0) is 55.4 Å².